The zero-order valence-corrected chi connectivity index (χ0v) is 17.0. The van der Waals surface area contributed by atoms with Crippen LogP contribution in [0.4, 0.5) is 5.69 Å². The number of nitrogens with zero attached hydrogens (tertiary/aromatic N) is 2. The maximum atomic E-state index is 13.2. The Bertz CT molecular complexity index is 938. The van der Waals surface area contributed by atoms with E-state index in [1.807, 2.05) is 53.4 Å². The lowest BCUT2D eigenvalue weighted by Gasteiger charge is -2.33. The van der Waals surface area contributed by atoms with E-state index in [2.05, 4.69) is 0 Å². The van der Waals surface area contributed by atoms with Gasteiger partial charge in [-0.15, -0.1) is 0 Å². The minimum atomic E-state index is -0.144. The number of piperidine rings is 1. The summed E-state index contributed by atoms with van der Waals surface area (Å²) in [6.45, 7) is 1.63. The van der Waals surface area contributed by atoms with E-state index in [1.54, 1.807) is 11.0 Å². The lowest BCUT2D eigenvalue weighted by Crippen LogP contribution is -2.46. The van der Waals surface area contributed by atoms with E-state index in [0.717, 1.165) is 42.1 Å². The van der Waals surface area contributed by atoms with Crippen LogP contribution in [0.2, 0.25) is 5.02 Å². The molecule has 2 aliphatic rings. The summed E-state index contributed by atoms with van der Waals surface area (Å²) >= 11 is 7.52. The quantitative estimate of drug-likeness (QED) is 0.678. The van der Waals surface area contributed by atoms with Crippen molar-refractivity contribution >= 4 is 46.9 Å². The van der Waals surface area contributed by atoms with Gasteiger partial charge in [0.25, 0.3) is 5.91 Å². The summed E-state index contributed by atoms with van der Waals surface area (Å²) in [6, 6.07) is 15.1. The predicted molar refractivity (Wildman–Crippen MR) is 115 cm³/mol. The summed E-state index contributed by atoms with van der Waals surface area (Å²) in [5.74, 6) is -0.133. The fraction of sp³-hybridized carbons (Fsp3) is 0.273. The second kappa shape index (κ2) is 8.41. The number of carbonyl (C=O) groups is 2. The van der Waals surface area contributed by atoms with E-state index in [9.17, 15) is 9.59 Å². The lowest BCUT2D eigenvalue weighted by atomic mass is 10.1. The molecular weight excluding hydrogens is 392 g/mol. The summed E-state index contributed by atoms with van der Waals surface area (Å²) < 4.78 is 0. The maximum Gasteiger partial charge on any atom is 0.265 e. The molecule has 6 heteroatoms. The van der Waals surface area contributed by atoms with Crippen molar-refractivity contribution in [2.75, 3.05) is 24.5 Å². The first kappa shape index (κ1) is 19.1. The normalized spacial score (nSPS) is 18.3. The van der Waals surface area contributed by atoms with Gasteiger partial charge in [0.1, 0.15) is 6.54 Å². The van der Waals surface area contributed by atoms with Crippen molar-refractivity contribution in [2.45, 2.75) is 24.2 Å². The number of hydrogen-bond acceptors (Lipinski definition) is 3. The minimum absolute atomic E-state index is 0.0110. The van der Waals surface area contributed by atoms with E-state index in [1.165, 1.54) is 18.2 Å². The lowest BCUT2D eigenvalue weighted by molar-refractivity contribution is -0.131. The average Bonchev–Trinajstić information content (AvgIpc) is 2.71. The number of fused-ring (bicyclic) bond motifs is 1. The Hall–Kier alpha value is -2.24. The van der Waals surface area contributed by atoms with Crippen molar-refractivity contribution < 1.29 is 9.59 Å². The van der Waals surface area contributed by atoms with Gasteiger partial charge in [-0.25, -0.2) is 0 Å². The topological polar surface area (TPSA) is 40.6 Å². The average molecular weight is 413 g/mol. The van der Waals surface area contributed by atoms with Crippen LogP contribution in [-0.2, 0) is 9.59 Å². The van der Waals surface area contributed by atoms with Gasteiger partial charge in [-0.05, 0) is 55.2 Å². The van der Waals surface area contributed by atoms with E-state index < -0.39 is 0 Å². The Balaban J connectivity index is 1.64. The van der Waals surface area contributed by atoms with Gasteiger partial charge in [-0.2, -0.15) is 0 Å². The van der Waals surface area contributed by atoms with Crippen LogP contribution in [-0.4, -0.2) is 36.3 Å². The van der Waals surface area contributed by atoms with Gasteiger partial charge in [-0.1, -0.05) is 47.6 Å². The molecule has 1 fully saturated rings. The first-order valence-electron chi connectivity index (χ1n) is 9.45. The molecule has 2 aromatic carbocycles. The number of para-hydroxylation sites is 1. The highest BCUT2D eigenvalue weighted by molar-refractivity contribution is 8.04. The molecule has 28 heavy (non-hydrogen) atoms. The van der Waals surface area contributed by atoms with Crippen molar-refractivity contribution in [3.05, 3.63) is 64.0 Å². The highest BCUT2D eigenvalue weighted by Gasteiger charge is 2.31. The van der Waals surface area contributed by atoms with Crippen molar-refractivity contribution in [3.8, 4) is 0 Å². The second-order valence-corrected chi connectivity index (χ2v) is 8.49. The number of carbonyl (C=O) groups excluding carboxylic acids is 2. The molecule has 1 saturated heterocycles. The second-order valence-electron chi connectivity index (χ2n) is 6.97. The molecule has 2 heterocycles. The summed E-state index contributed by atoms with van der Waals surface area (Å²) in [4.78, 5) is 31.1. The van der Waals surface area contributed by atoms with E-state index >= 15 is 0 Å². The molecule has 4 rings (SSSR count). The van der Waals surface area contributed by atoms with Gasteiger partial charge in [0.15, 0.2) is 0 Å². The number of hydrogen-bond donors (Lipinski definition) is 0. The third kappa shape index (κ3) is 4.10. The molecule has 4 nitrogen and oxygen atoms in total. The van der Waals surface area contributed by atoms with Crippen LogP contribution in [0.5, 0.6) is 0 Å². The van der Waals surface area contributed by atoms with Crippen LogP contribution in [0.3, 0.4) is 0 Å². The molecule has 0 aliphatic carbocycles. The summed E-state index contributed by atoms with van der Waals surface area (Å²) in [5, 5.41) is 0.625. The number of anilines is 1. The standard InChI is InChI=1S/C22H21ClN2O2S/c23-17-8-6-7-16(13-17)14-20-22(27)25(18-9-2-3-10-19(18)28-20)15-21(26)24-11-4-1-5-12-24/h2-3,6-10,13-14H,1,4-5,11-12,15H2/b20-14+. The van der Waals surface area contributed by atoms with Gasteiger partial charge in [0.05, 0.1) is 10.6 Å². The van der Waals surface area contributed by atoms with Crippen LogP contribution in [0.1, 0.15) is 24.8 Å². The monoisotopic (exact) mass is 412 g/mol. The molecule has 144 valence electrons. The van der Waals surface area contributed by atoms with Crippen LogP contribution >= 0.6 is 23.4 Å². The van der Waals surface area contributed by atoms with E-state index in [4.69, 9.17) is 11.6 Å². The van der Waals surface area contributed by atoms with Crippen LogP contribution in [0.15, 0.2) is 58.3 Å². The van der Waals surface area contributed by atoms with Crippen molar-refractivity contribution in [1.82, 2.24) is 4.90 Å². The zero-order chi connectivity index (χ0) is 19.5. The molecule has 0 N–H and O–H groups in total. The Morgan fingerprint density at radius 2 is 1.86 bits per heavy atom. The molecule has 0 aromatic heterocycles. The third-order valence-electron chi connectivity index (χ3n) is 4.98. The fourth-order valence-electron chi connectivity index (χ4n) is 3.55. The van der Waals surface area contributed by atoms with Crippen LogP contribution < -0.4 is 4.90 Å². The van der Waals surface area contributed by atoms with Crippen LogP contribution in [0, 0.1) is 0 Å². The summed E-state index contributed by atoms with van der Waals surface area (Å²) in [5.41, 5.74) is 1.66. The summed E-state index contributed by atoms with van der Waals surface area (Å²) in [6.07, 6.45) is 5.07. The maximum absolute atomic E-state index is 13.2. The van der Waals surface area contributed by atoms with Crippen molar-refractivity contribution in [2.24, 2.45) is 0 Å². The molecule has 2 aliphatic heterocycles. The Kier molecular flexibility index (Phi) is 5.74. The number of halogens is 1. The molecule has 2 aromatic rings. The zero-order valence-electron chi connectivity index (χ0n) is 15.4. The largest absolute Gasteiger partial charge is 0.341 e. The van der Waals surface area contributed by atoms with Gasteiger partial charge in [0.2, 0.25) is 5.91 Å². The Morgan fingerprint density at radius 1 is 1.07 bits per heavy atom. The Morgan fingerprint density at radius 3 is 2.64 bits per heavy atom. The SMILES string of the molecule is O=C(CN1C(=O)/C(=C\c2cccc(Cl)c2)Sc2ccccc21)N1CCCCC1. The molecule has 2 amide bonds. The first-order chi connectivity index (χ1) is 13.6. The van der Waals surface area contributed by atoms with E-state index in [-0.39, 0.29) is 18.4 Å². The van der Waals surface area contributed by atoms with Gasteiger partial charge in [0, 0.05) is 23.0 Å². The Labute approximate surface area is 174 Å². The molecule has 0 bridgehead atoms. The number of thioether (sulfide) groups is 1. The first-order valence-corrected chi connectivity index (χ1v) is 10.6. The summed E-state index contributed by atoms with van der Waals surface area (Å²) in [7, 11) is 0. The predicted octanol–water partition coefficient (Wildman–Crippen LogP) is 4.83. The molecule has 0 unspecified atom stereocenters. The molecule has 0 radical (unpaired) electrons. The van der Waals surface area contributed by atoms with Gasteiger partial charge in [-0.3, -0.25) is 14.5 Å². The molecular formula is C22H21ClN2O2S. The van der Waals surface area contributed by atoms with Crippen molar-refractivity contribution in [3.63, 3.8) is 0 Å². The van der Waals surface area contributed by atoms with Crippen LogP contribution in [0.25, 0.3) is 6.08 Å². The number of rotatable bonds is 3. The highest BCUT2D eigenvalue weighted by Crippen LogP contribution is 2.42. The molecule has 0 atom stereocenters. The highest BCUT2D eigenvalue weighted by atomic mass is 35.5. The van der Waals surface area contributed by atoms with Gasteiger partial charge >= 0.3 is 0 Å². The minimum Gasteiger partial charge on any atom is -0.341 e. The fourth-order valence-corrected chi connectivity index (χ4v) is 4.80. The van der Waals surface area contributed by atoms with Crippen molar-refractivity contribution in [1.29, 1.82) is 0 Å². The van der Waals surface area contributed by atoms with E-state index in [0.29, 0.717) is 9.93 Å². The number of benzene rings is 2. The molecule has 0 saturated carbocycles. The van der Waals surface area contributed by atoms with Gasteiger partial charge < -0.3 is 4.90 Å². The number of likely N-dealkylation sites (tertiary alicyclic amines) is 1. The smallest absolute Gasteiger partial charge is 0.265 e. The molecule has 0 spiro atoms. The number of amides is 2. The third-order valence-corrected chi connectivity index (χ3v) is 6.29.